The van der Waals surface area contributed by atoms with E-state index in [9.17, 15) is 0 Å². The van der Waals surface area contributed by atoms with Crippen LogP contribution in [0.25, 0.3) is 0 Å². The Morgan fingerprint density at radius 2 is 2.38 bits per heavy atom. The van der Waals surface area contributed by atoms with Crippen molar-refractivity contribution in [2.24, 2.45) is 0 Å². The van der Waals surface area contributed by atoms with Crippen LogP contribution in [0, 0.1) is 6.92 Å². The van der Waals surface area contributed by atoms with Crippen molar-refractivity contribution >= 4 is 5.69 Å². The molecule has 13 heavy (non-hydrogen) atoms. The number of anilines is 1. The summed E-state index contributed by atoms with van der Waals surface area (Å²) in [4.78, 5) is 4.03. The highest BCUT2D eigenvalue weighted by molar-refractivity contribution is 5.46. The van der Waals surface area contributed by atoms with Gasteiger partial charge in [0, 0.05) is 31.0 Å². The largest absolute Gasteiger partial charge is 0.478 e. The van der Waals surface area contributed by atoms with E-state index in [4.69, 9.17) is 15.6 Å². The fourth-order valence-corrected chi connectivity index (χ4v) is 0.839. The van der Waals surface area contributed by atoms with Gasteiger partial charge in [0.2, 0.25) is 5.88 Å². The van der Waals surface area contributed by atoms with Crippen molar-refractivity contribution in [3.63, 3.8) is 0 Å². The minimum absolute atomic E-state index is 0.126. The summed E-state index contributed by atoms with van der Waals surface area (Å²) in [7, 11) is 0. The number of aromatic nitrogens is 1. The first-order valence-corrected chi connectivity index (χ1v) is 4.20. The summed E-state index contributed by atoms with van der Waals surface area (Å²) in [6, 6.07) is 1.69. The van der Waals surface area contributed by atoms with E-state index in [2.05, 4.69) is 4.98 Å². The van der Waals surface area contributed by atoms with Gasteiger partial charge < -0.3 is 15.6 Å². The fourth-order valence-electron chi connectivity index (χ4n) is 0.839. The predicted octanol–water partition coefficient (Wildman–Crippen LogP) is 0.733. The van der Waals surface area contributed by atoms with E-state index in [0.29, 0.717) is 24.6 Å². The van der Waals surface area contributed by atoms with Gasteiger partial charge in [-0.25, -0.2) is 4.98 Å². The van der Waals surface area contributed by atoms with Gasteiger partial charge in [-0.2, -0.15) is 0 Å². The Kier molecular flexibility index (Phi) is 3.52. The molecule has 0 saturated carbocycles. The highest BCUT2D eigenvalue weighted by Crippen LogP contribution is 2.15. The van der Waals surface area contributed by atoms with Gasteiger partial charge in [-0.3, -0.25) is 0 Å². The Morgan fingerprint density at radius 1 is 1.62 bits per heavy atom. The highest BCUT2D eigenvalue weighted by atomic mass is 16.5. The quantitative estimate of drug-likeness (QED) is 0.674. The monoisotopic (exact) mass is 182 g/mol. The van der Waals surface area contributed by atoms with E-state index in [0.717, 1.165) is 5.56 Å². The van der Waals surface area contributed by atoms with Crippen LogP contribution < -0.4 is 10.5 Å². The lowest BCUT2D eigenvalue weighted by Gasteiger charge is -2.05. The van der Waals surface area contributed by atoms with Gasteiger partial charge in [0.05, 0.1) is 6.61 Å². The van der Waals surface area contributed by atoms with Crippen molar-refractivity contribution in [3.05, 3.63) is 17.8 Å². The molecule has 0 aliphatic heterocycles. The van der Waals surface area contributed by atoms with Gasteiger partial charge in [0.1, 0.15) is 0 Å². The molecule has 0 bridgehead atoms. The lowest BCUT2D eigenvalue weighted by Crippen LogP contribution is -2.02. The lowest BCUT2D eigenvalue weighted by atomic mass is 10.3. The molecule has 0 amide bonds. The Labute approximate surface area is 77.4 Å². The SMILES string of the molecule is Cc1cnc(OCCCO)cc1N. The predicted molar refractivity (Wildman–Crippen MR) is 50.6 cm³/mol. The number of aryl methyl sites for hydroxylation is 1. The molecule has 0 radical (unpaired) electrons. The fraction of sp³-hybridized carbons (Fsp3) is 0.444. The zero-order valence-corrected chi connectivity index (χ0v) is 7.66. The molecule has 1 aromatic heterocycles. The van der Waals surface area contributed by atoms with Crippen LogP contribution in [0.1, 0.15) is 12.0 Å². The third kappa shape index (κ3) is 2.91. The zero-order valence-electron chi connectivity index (χ0n) is 7.66. The van der Waals surface area contributed by atoms with E-state index >= 15 is 0 Å². The molecule has 0 aliphatic rings. The topological polar surface area (TPSA) is 68.4 Å². The molecule has 0 aromatic carbocycles. The average Bonchev–Trinajstić information content (AvgIpc) is 2.12. The molecular formula is C9H14N2O2. The van der Waals surface area contributed by atoms with E-state index in [1.54, 1.807) is 12.3 Å². The third-order valence-electron chi connectivity index (χ3n) is 1.67. The minimum Gasteiger partial charge on any atom is -0.478 e. The molecule has 0 aliphatic carbocycles. The van der Waals surface area contributed by atoms with Crippen molar-refractivity contribution in [1.82, 2.24) is 4.98 Å². The molecule has 0 saturated heterocycles. The van der Waals surface area contributed by atoms with Gasteiger partial charge in [0.25, 0.3) is 0 Å². The maximum atomic E-state index is 8.52. The first-order valence-electron chi connectivity index (χ1n) is 4.20. The van der Waals surface area contributed by atoms with Crippen LogP contribution in [0.2, 0.25) is 0 Å². The third-order valence-corrected chi connectivity index (χ3v) is 1.67. The number of aliphatic hydroxyl groups is 1. The van der Waals surface area contributed by atoms with Crippen LogP contribution in [-0.4, -0.2) is 23.3 Å². The van der Waals surface area contributed by atoms with Gasteiger partial charge in [-0.15, -0.1) is 0 Å². The summed E-state index contributed by atoms with van der Waals surface area (Å²) in [5.41, 5.74) is 7.27. The van der Waals surface area contributed by atoms with Crippen molar-refractivity contribution in [1.29, 1.82) is 0 Å². The summed E-state index contributed by atoms with van der Waals surface area (Å²) in [6.45, 7) is 2.48. The average molecular weight is 182 g/mol. The van der Waals surface area contributed by atoms with Crippen molar-refractivity contribution in [2.45, 2.75) is 13.3 Å². The van der Waals surface area contributed by atoms with Gasteiger partial charge in [0.15, 0.2) is 0 Å². The van der Waals surface area contributed by atoms with Gasteiger partial charge in [-0.05, 0) is 12.5 Å². The Balaban J connectivity index is 2.53. The number of nitrogen functional groups attached to an aromatic ring is 1. The van der Waals surface area contributed by atoms with Crippen LogP contribution in [-0.2, 0) is 0 Å². The summed E-state index contributed by atoms with van der Waals surface area (Å²) >= 11 is 0. The maximum Gasteiger partial charge on any atom is 0.215 e. The van der Waals surface area contributed by atoms with Crippen LogP contribution in [0.15, 0.2) is 12.3 Å². The summed E-state index contributed by atoms with van der Waals surface area (Å²) in [6.07, 6.45) is 2.28. The van der Waals surface area contributed by atoms with Gasteiger partial charge >= 0.3 is 0 Å². The van der Waals surface area contributed by atoms with Crippen molar-refractivity contribution in [3.8, 4) is 5.88 Å². The summed E-state index contributed by atoms with van der Waals surface area (Å²) in [5.74, 6) is 0.511. The second-order valence-electron chi connectivity index (χ2n) is 2.80. The number of pyridine rings is 1. The van der Waals surface area contributed by atoms with E-state index in [-0.39, 0.29) is 6.61 Å². The Bertz CT molecular complexity index is 276. The number of hydrogen-bond acceptors (Lipinski definition) is 4. The molecular weight excluding hydrogens is 168 g/mol. The molecule has 72 valence electrons. The summed E-state index contributed by atoms with van der Waals surface area (Å²) < 4.78 is 5.23. The molecule has 0 unspecified atom stereocenters. The van der Waals surface area contributed by atoms with Crippen molar-refractivity contribution in [2.75, 3.05) is 18.9 Å². The van der Waals surface area contributed by atoms with Crippen LogP contribution in [0.5, 0.6) is 5.88 Å². The molecule has 1 aromatic rings. The number of rotatable bonds is 4. The number of nitrogens with two attached hydrogens (primary N) is 1. The molecule has 0 spiro atoms. The molecule has 1 rings (SSSR count). The molecule has 3 N–H and O–H groups in total. The maximum absolute atomic E-state index is 8.52. The zero-order chi connectivity index (χ0) is 9.68. The molecule has 4 heteroatoms. The number of aliphatic hydroxyl groups excluding tert-OH is 1. The smallest absolute Gasteiger partial charge is 0.215 e. The molecule has 4 nitrogen and oxygen atoms in total. The first-order chi connectivity index (χ1) is 6.24. The second kappa shape index (κ2) is 4.67. The number of hydrogen-bond donors (Lipinski definition) is 2. The van der Waals surface area contributed by atoms with Gasteiger partial charge in [-0.1, -0.05) is 0 Å². The molecule has 1 heterocycles. The molecule has 0 atom stereocenters. The van der Waals surface area contributed by atoms with Crippen molar-refractivity contribution < 1.29 is 9.84 Å². The number of ether oxygens (including phenoxy) is 1. The lowest BCUT2D eigenvalue weighted by molar-refractivity contribution is 0.229. The van der Waals surface area contributed by atoms with E-state index < -0.39 is 0 Å². The minimum atomic E-state index is 0.126. The first kappa shape index (κ1) is 9.80. The standard InChI is InChI=1S/C9H14N2O2/c1-7-6-11-9(5-8(7)10)13-4-2-3-12/h5-6,12H,2-4H2,1H3,(H2,10,11). The summed E-state index contributed by atoms with van der Waals surface area (Å²) in [5, 5.41) is 8.52. The van der Waals surface area contributed by atoms with Crippen LogP contribution in [0.3, 0.4) is 0 Å². The Hall–Kier alpha value is -1.29. The Morgan fingerprint density at radius 3 is 3.00 bits per heavy atom. The second-order valence-corrected chi connectivity index (χ2v) is 2.80. The van der Waals surface area contributed by atoms with E-state index in [1.165, 1.54) is 0 Å². The number of nitrogens with zero attached hydrogens (tertiary/aromatic N) is 1. The van der Waals surface area contributed by atoms with Crippen LogP contribution in [0.4, 0.5) is 5.69 Å². The van der Waals surface area contributed by atoms with Crippen LogP contribution >= 0.6 is 0 Å². The van der Waals surface area contributed by atoms with E-state index in [1.807, 2.05) is 6.92 Å². The highest BCUT2D eigenvalue weighted by Gasteiger charge is 1.98. The normalized spacial score (nSPS) is 10.0. The molecule has 0 fully saturated rings.